The molecule has 3 heterocycles. The minimum Gasteiger partial charge on any atom is -0.476 e. The Kier molecular flexibility index (Phi) is 5.10. The summed E-state index contributed by atoms with van der Waals surface area (Å²) in [6.45, 7) is 2.75. The van der Waals surface area contributed by atoms with Crippen LogP contribution in [-0.2, 0) is 6.54 Å². The minimum absolute atomic E-state index is 0.199. The number of nitrogens with one attached hydrogen (secondary N) is 1. The van der Waals surface area contributed by atoms with Crippen LogP contribution in [0.1, 0.15) is 12.5 Å². The molecule has 0 bridgehead atoms. The molecular formula is C20H18FN7O. The summed E-state index contributed by atoms with van der Waals surface area (Å²) >= 11 is 0. The summed E-state index contributed by atoms with van der Waals surface area (Å²) in [5.41, 5.74) is 9.00. The second-order valence-corrected chi connectivity index (χ2v) is 6.16. The Balaban J connectivity index is 1.66. The predicted molar refractivity (Wildman–Crippen MR) is 108 cm³/mol. The zero-order valence-electron chi connectivity index (χ0n) is 15.6. The maximum absolute atomic E-state index is 13.1. The molecule has 3 aromatic heterocycles. The first-order valence-corrected chi connectivity index (χ1v) is 9.00. The van der Waals surface area contributed by atoms with E-state index < -0.39 is 0 Å². The lowest BCUT2D eigenvalue weighted by molar-refractivity contribution is 0.330. The van der Waals surface area contributed by atoms with Gasteiger partial charge in [0.05, 0.1) is 17.8 Å². The molecule has 3 N–H and O–H groups in total. The van der Waals surface area contributed by atoms with Gasteiger partial charge in [-0.25, -0.2) is 24.3 Å². The molecule has 0 amide bonds. The first kappa shape index (κ1) is 18.5. The van der Waals surface area contributed by atoms with Gasteiger partial charge in [0.15, 0.2) is 5.52 Å². The summed E-state index contributed by atoms with van der Waals surface area (Å²) in [5, 5.41) is 3.14. The third kappa shape index (κ3) is 4.18. The number of nitrogen functional groups attached to an aromatic ring is 1. The van der Waals surface area contributed by atoms with E-state index in [2.05, 4.69) is 30.2 Å². The number of aromatic nitrogens is 5. The fourth-order valence-corrected chi connectivity index (χ4v) is 2.72. The molecule has 0 saturated carbocycles. The van der Waals surface area contributed by atoms with Gasteiger partial charge in [0.1, 0.15) is 5.82 Å². The smallest absolute Gasteiger partial charge is 0.245 e. The van der Waals surface area contributed by atoms with Crippen LogP contribution in [0, 0.1) is 5.82 Å². The van der Waals surface area contributed by atoms with Crippen molar-refractivity contribution in [2.24, 2.45) is 0 Å². The standard InChI is InChI=1S/C20H18FN7O/c1-2-29-18-17-16(8-7-15(26-17)13-10-23-19(22)24-11-13)27-20(28-18)25-9-12-3-5-14(21)6-4-12/h3-8,10-11H,2,9H2,1H3,(H2,22,23,24)(H,25,27,28). The van der Waals surface area contributed by atoms with E-state index in [0.717, 1.165) is 11.1 Å². The zero-order valence-corrected chi connectivity index (χ0v) is 15.6. The van der Waals surface area contributed by atoms with Crippen molar-refractivity contribution in [1.82, 2.24) is 24.9 Å². The Bertz CT molecular complexity index is 1130. The third-order valence-corrected chi connectivity index (χ3v) is 4.12. The fraction of sp³-hybridized carbons (Fsp3) is 0.150. The van der Waals surface area contributed by atoms with Crippen molar-refractivity contribution in [3.63, 3.8) is 0 Å². The molecule has 146 valence electrons. The van der Waals surface area contributed by atoms with Gasteiger partial charge < -0.3 is 15.8 Å². The maximum Gasteiger partial charge on any atom is 0.245 e. The highest BCUT2D eigenvalue weighted by atomic mass is 19.1. The van der Waals surface area contributed by atoms with Crippen LogP contribution in [0.5, 0.6) is 5.88 Å². The molecule has 0 aliphatic rings. The number of ether oxygens (including phenoxy) is 1. The Hall–Kier alpha value is -3.88. The molecule has 0 fully saturated rings. The topological polar surface area (TPSA) is 112 Å². The number of halogens is 1. The Labute approximate surface area is 166 Å². The van der Waals surface area contributed by atoms with E-state index in [-0.39, 0.29) is 11.8 Å². The van der Waals surface area contributed by atoms with Crippen LogP contribution in [0.15, 0.2) is 48.8 Å². The van der Waals surface area contributed by atoms with E-state index >= 15 is 0 Å². The van der Waals surface area contributed by atoms with Crippen LogP contribution < -0.4 is 15.8 Å². The normalized spacial score (nSPS) is 10.8. The Morgan fingerprint density at radius 1 is 1.00 bits per heavy atom. The summed E-state index contributed by atoms with van der Waals surface area (Å²) in [6.07, 6.45) is 3.21. The number of nitrogens with two attached hydrogens (primary N) is 1. The maximum atomic E-state index is 13.1. The fourth-order valence-electron chi connectivity index (χ4n) is 2.72. The number of anilines is 2. The van der Waals surface area contributed by atoms with E-state index in [4.69, 9.17) is 10.5 Å². The van der Waals surface area contributed by atoms with Crippen LogP contribution in [0.3, 0.4) is 0 Å². The van der Waals surface area contributed by atoms with Gasteiger partial charge in [-0.2, -0.15) is 4.98 Å². The van der Waals surface area contributed by atoms with Crippen LogP contribution >= 0.6 is 0 Å². The van der Waals surface area contributed by atoms with Gasteiger partial charge in [-0.15, -0.1) is 0 Å². The van der Waals surface area contributed by atoms with Crippen molar-refractivity contribution in [2.75, 3.05) is 17.7 Å². The molecule has 0 aliphatic carbocycles. The lowest BCUT2D eigenvalue weighted by Gasteiger charge is -2.11. The molecule has 0 unspecified atom stereocenters. The van der Waals surface area contributed by atoms with E-state index in [9.17, 15) is 4.39 Å². The molecule has 0 radical (unpaired) electrons. The molecule has 1 aromatic carbocycles. The van der Waals surface area contributed by atoms with E-state index in [1.807, 2.05) is 19.1 Å². The highest BCUT2D eigenvalue weighted by molar-refractivity contribution is 5.83. The Morgan fingerprint density at radius 2 is 1.76 bits per heavy atom. The van der Waals surface area contributed by atoms with Crippen LogP contribution in [0.25, 0.3) is 22.3 Å². The summed E-state index contributed by atoms with van der Waals surface area (Å²) in [7, 11) is 0. The number of nitrogens with zero attached hydrogens (tertiary/aromatic N) is 5. The van der Waals surface area contributed by atoms with E-state index in [0.29, 0.717) is 41.7 Å². The molecule has 0 saturated heterocycles. The van der Waals surface area contributed by atoms with Gasteiger partial charge in [0, 0.05) is 24.5 Å². The summed E-state index contributed by atoms with van der Waals surface area (Å²) in [5.74, 6) is 0.695. The van der Waals surface area contributed by atoms with Gasteiger partial charge in [0.2, 0.25) is 17.8 Å². The monoisotopic (exact) mass is 391 g/mol. The third-order valence-electron chi connectivity index (χ3n) is 4.12. The van der Waals surface area contributed by atoms with E-state index in [1.165, 1.54) is 12.1 Å². The van der Waals surface area contributed by atoms with E-state index in [1.54, 1.807) is 24.5 Å². The molecule has 4 aromatic rings. The SMILES string of the molecule is CCOc1nc(NCc2ccc(F)cc2)nc2ccc(-c3cnc(N)nc3)nc12. The average Bonchev–Trinajstić information content (AvgIpc) is 2.74. The summed E-state index contributed by atoms with van der Waals surface area (Å²) in [6, 6.07) is 9.89. The summed E-state index contributed by atoms with van der Waals surface area (Å²) < 4.78 is 18.7. The van der Waals surface area contributed by atoms with Crippen LogP contribution in [-0.4, -0.2) is 31.5 Å². The second kappa shape index (κ2) is 8.01. The van der Waals surface area contributed by atoms with Gasteiger partial charge in [0.25, 0.3) is 0 Å². The summed E-state index contributed by atoms with van der Waals surface area (Å²) in [4.78, 5) is 21.6. The molecule has 0 spiro atoms. The number of benzene rings is 1. The average molecular weight is 391 g/mol. The predicted octanol–water partition coefficient (Wildman–Crippen LogP) is 3.21. The van der Waals surface area contributed by atoms with Crippen LogP contribution in [0.4, 0.5) is 16.3 Å². The van der Waals surface area contributed by atoms with Crippen molar-refractivity contribution in [3.05, 3.63) is 60.2 Å². The first-order chi connectivity index (χ1) is 14.1. The van der Waals surface area contributed by atoms with Crippen molar-refractivity contribution in [2.45, 2.75) is 13.5 Å². The largest absolute Gasteiger partial charge is 0.476 e. The lowest BCUT2D eigenvalue weighted by Crippen LogP contribution is -2.07. The molecule has 0 aliphatic heterocycles. The van der Waals surface area contributed by atoms with Gasteiger partial charge in [-0.05, 0) is 36.8 Å². The molecule has 29 heavy (non-hydrogen) atoms. The van der Waals surface area contributed by atoms with Crippen molar-refractivity contribution < 1.29 is 9.13 Å². The molecule has 8 nitrogen and oxygen atoms in total. The number of hydrogen-bond donors (Lipinski definition) is 2. The Morgan fingerprint density at radius 3 is 2.48 bits per heavy atom. The molecule has 4 rings (SSSR count). The minimum atomic E-state index is -0.275. The van der Waals surface area contributed by atoms with Crippen molar-refractivity contribution in [3.8, 4) is 17.1 Å². The quantitative estimate of drug-likeness (QED) is 0.515. The number of hydrogen-bond acceptors (Lipinski definition) is 8. The van der Waals surface area contributed by atoms with Gasteiger partial charge in [-0.1, -0.05) is 12.1 Å². The second-order valence-electron chi connectivity index (χ2n) is 6.16. The molecule has 0 atom stereocenters. The number of pyridine rings is 1. The molecule has 9 heteroatoms. The lowest BCUT2D eigenvalue weighted by atomic mass is 10.2. The van der Waals surface area contributed by atoms with Crippen LogP contribution in [0.2, 0.25) is 0 Å². The highest BCUT2D eigenvalue weighted by Gasteiger charge is 2.12. The van der Waals surface area contributed by atoms with Crippen molar-refractivity contribution in [1.29, 1.82) is 0 Å². The van der Waals surface area contributed by atoms with Crippen molar-refractivity contribution >= 4 is 22.9 Å². The van der Waals surface area contributed by atoms with Gasteiger partial charge >= 0.3 is 0 Å². The van der Waals surface area contributed by atoms with Gasteiger partial charge in [-0.3, -0.25) is 0 Å². The number of fused-ring (bicyclic) bond motifs is 1. The first-order valence-electron chi connectivity index (χ1n) is 9.00. The molecular weight excluding hydrogens is 373 g/mol. The zero-order chi connectivity index (χ0) is 20.2. The highest BCUT2D eigenvalue weighted by Crippen LogP contribution is 2.26. The number of rotatable bonds is 6.